The van der Waals surface area contributed by atoms with Crippen LogP contribution in [0.3, 0.4) is 0 Å². The van der Waals surface area contributed by atoms with Gasteiger partial charge in [0.05, 0.1) is 16.9 Å². The third kappa shape index (κ3) is 2.02. The van der Waals surface area contributed by atoms with Gasteiger partial charge in [-0.2, -0.15) is 9.64 Å². The van der Waals surface area contributed by atoms with Gasteiger partial charge in [0.15, 0.2) is 0 Å². The number of rotatable bonds is 2. The van der Waals surface area contributed by atoms with Crippen LogP contribution in [0.1, 0.15) is 11.3 Å². The summed E-state index contributed by atoms with van der Waals surface area (Å²) in [6.07, 6.45) is 1.76. The highest BCUT2D eigenvalue weighted by Gasteiger charge is 2.11. The highest BCUT2D eigenvalue weighted by atomic mass is 32.1. The smallest absolute Gasteiger partial charge is 0.132 e. The van der Waals surface area contributed by atoms with E-state index in [1.54, 1.807) is 6.20 Å². The number of nitrogens with zero attached hydrogens (tertiary/aromatic N) is 3. The van der Waals surface area contributed by atoms with E-state index in [0.717, 1.165) is 27.3 Å². The minimum atomic E-state index is 0.595. The van der Waals surface area contributed by atoms with Gasteiger partial charge in [-0.3, -0.25) is 4.98 Å². The number of para-hydroxylation sites is 1. The molecule has 0 spiro atoms. The molecule has 92 valence electrons. The Morgan fingerprint density at radius 3 is 2.95 bits per heavy atom. The molecular weight excluding hydrogens is 256 g/mol. The fourth-order valence-corrected chi connectivity index (χ4v) is 2.67. The van der Waals surface area contributed by atoms with Crippen molar-refractivity contribution < 1.29 is 0 Å². The van der Waals surface area contributed by atoms with Crippen LogP contribution >= 0.6 is 11.5 Å². The third-order valence-corrected chi connectivity index (χ3v) is 3.71. The molecule has 0 atom stereocenters. The Kier molecular flexibility index (Phi) is 2.86. The lowest BCUT2D eigenvalue weighted by Crippen LogP contribution is -1.92. The molecule has 3 rings (SSSR count). The van der Waals surface area contributed by atoms with Crippen LogP contribution in [0.25, 0.3) is 10.9 Å². The molecule has 0 saturated carbocycles. The molecule has 5 heteroatoms. The maximum absolute atomic E-state index is 9.14. The predicted octanol–water partition coefficient (Wildman–Crippen LogP) is 3.62. The molecule has 0 aliphatic heterocycles. The molecule has 0 fully saturated rings. The Labute approximate surface area is 114 Å². The summed E-state index contributed by atoms with van der Waals surface area (Å²) in [5.74, 6) is 0. The lowest BCUT2D eigenvalue weighted by molar-refractivity contribution is 1.31. The van der Waals surface area contributed by atoms with Crippen LogP contribution in [-0.4, -0.2) is 9.36 Å². The summed E-state index contributed by atoms with van der Waals surface area (Å²) in [6.45, 7) is 1.83. The molecule has 4 nitrogen and oxygen atoms in total. The average Bonchev–Trinajstić information content (AvgIpc) is 2.79. The zero-order valence-corrected chi connectivity index (χ0v) is 11.0. The quantitative estimate of drug-likeness (QED) is 0.769. The molecule has 0 amide bonds. The number of hydrogen-bond donors (Lipinski definition) is 1. The minimum absolute atomic E-state index is 0.595. The Morgan fingerprint density at radius 1 is 1.26 bits per heavy atom. The number of pyridine rings is 1. The summed E-state index contributed by atoms with van der Waals surface area (Å²) in [4.78, 5) is 4.38. The van der Waals surface area contributed by atoms with E-state index < -0.39 is 0 Å². The van der Waals surface area contributed by atoms with Gasteiger partial charge in [-0.05, 0) is 30.6 Å². The summed E-state index contributed by atoms with van der Waals surface area (Å²) in [5.41, 5.74) is 3.12. The molecule has 0 radical (unpaired) electrons. The summed E-state index contributed by atoms with van der Waals surface area (Å²) < 4.78 is 4.20. The standard InChI is InChI=1S/C14H10N4S/c1-9-11(8-15)14(19-18-9)17-12-6-2-4-10-5-3-7-16-13(10)12/h2-7,17H,1H3. The predicted molar refractivity (Wildman–Crippen MR) is 76.6 cm³/mol. The van der Waals surface area contributed by atoms with Crippen molar-refractivity contribution in [2.24, 2.45) is 0 Å². The number of anilines is 2. The van der Waals surface area contributed by atoms with Crippen molar-refractivity contribution in [3.8, 4) is 6.07 Å². The summed E-state index contributed by atoms with van der Waals surface area (Å²) in [7, 11) is 0. The zero-order valence-electron chi connectivity index (χ0n) is 10.2. The van der Waals surface area contributed by atoms with Crippen LogP contribution in [0.5, 0.6) is 0 Å². The normalized spacial score (nSPS) is 10.3. The second-order valence-electron chi connectivity index (χ2n) is 4.09. The highest BCUT2D eigenvalue weighted by Crippen LogP contribution is 2.30. The number of hydrogen-bond acceptors (Lipinski definition) is 5. The number of aromatic nitrogens is 2. The van der Waals surface area contributed by atoms with Gasteiger partial charge in [0.1, 0.15) is 16.6 Å². The molecule has 0 bridgehead atoms. The van der Waals surface area contributed by atoms with Crippen LogP contribution in [0.4, 0.5) is 10.7 Å². The van der Waals surface area contributed by atoms with E-state index in [9.17, 15) is 0 Å². The van der Waals surface area contributed by atoms with Crippen molar-refractivity contribution in [3.63, 3.8) is 0 Å². The van der Waals surface area contributed by atoms with Gasteiger partial charge in [-0.1, -0.05) is 18.2 Å². The monoisotopic (exact) mass is 266 g/mol. The largest absolute Gasteiger partial charge is 0.343 e. The molecule has 0 aliphatic rings. The molecule has 2 heterocycles. The van der Waals surface area contributed by atoms with Crippen molar-refractivity contribution in [1.82, 2.24) is 9.36 Å². The molecule has 0 unspecified atom stereocenters. The molecule has 0 aliphatic carbocycles. The molecule has 2 aromatic heterocycles. The van der Waals surface area contributed by atoms with Gasteiger partial charge < -0.3 is 5.32 Å². The van der Waals surface area contributed by atoms with E-state index in [2.05, 4.69) is 20.7 Å². The van der Waals surface area contributed by atoms with Crippen LogP contribution in [0, 0.1) is 18.3 Å². The summed E-state index contributed by atoms with van der Waals surface area (Å²) in [6, 6.07) is 12.0. The van der Waals surface area contributed by atoms with E-state index in [4.69, 9.17) is 5.26 Å². The third-order valence-electron chi connectivity index (χ3n) is 2.86. The Balaban J connectivity index is 2.09. The summed E-state index contributed by atoms with van der Waals surface area (Å²) >= 11 is 1.29. The second kappa shape index (κ2) is 4.67. The zero-order chi connectivity index (χ0) is 13.2. The van der Waals surface area contributed by atoms with Gasteiger partial charge in [0, 0.05) is 11.6 Å². The van der Waals surface area contributed by atoms with Crippen molar-refractivity contribution in [2.75, 3.05) is 5.32 Å². The Hall–Kier alpha value is -2.45. The van der Waals surface area contributed by atoms with Crippen LogP contribution < -0.4 is 5.32 Å². The number of aryl methyl sites for hydroxylation is 1. The molecule has 1 N–H and O–H groups in total. The highest BCUT2D eigenvalue weighted by molar-refractivity contribution is 7.10. The van der Waals surface area contributed by atoms with Crippen molar-refractivity contribution >= 4 is 33.1 Å². The molecule has 3 aromatic rings. The molecular formula is C14H10N4S. The van der Waals surface area contributed by atoms with Crippen molar-refractivity contribution in [2.45, 2.75) is 6.92 Å². The van der Waals surface area contributed by atoms with Crippen molar-refractivity contribution in [1.29, 1.82) is 5.26 Å². The van der Waals surface area contributed by atoms with Crippen LogP contribution in [0.2, 0.25) is 0 Å². The number of nitrogens with one attached hydrogen (secondary N) is 1. The lowest BCUT2D eigenvalue weighted by Gasteiger charge is -2.06. The first-order chi connectivity index (χ1) is 9.29. The first-order valence-electron chi connectivity index (χ1n) is 5.77. The van der Waals surface area contributed by atoms with Gasteiger partial charge in [0.2, 0.25) is 0 Å². The van der Waals surface area contributed by atoms with E-state index in [0.29, 0.717) is 5.56 Å². The fraction of sp³-hybridized carbons (Fsp3) is 0.0714. The van der Waals surface area contributed by atoms with Crippen LogP contribution in [0.15, 0.2) is 36.5 Å². The van der Waals surface area contributed by atoms with Crippen molar-refractivity contribution in [3.05, 3.63) is 47.8 Å². The van der Waals surface area contributed by atoms with E-state index in [-0.39, 0.29) is 0 Å². The first kappa shape index (κ1) is 11.6. The number of benzene rings is 1. The van der Waals surface area contributed by atoms with Gasteiger partial charge in [0.25, 0.3) is 0 Å². The molecule has 0 saturated heterocycles. The number of nitriles is 1. The van der Waals surface area contributed by atoms with Crippen LogP contribution in [-0.2, 0) is 0 Å². The molecule has 1 aromatic carbocycles. The fourth-order valence-electron chi connectivity index (χ4n) is 1.91. The Morgan fingerprint density at radius 2 is 2.11 bits per heavy atom. The first-order valence-corrected chi connectivity index (χ1v) is 6.54. The lowest BCUT2D eigenvalue weighted by atomic mass is 10.2. The topological polar surface area (TPSA) is 61.6 Å². The number of fused-ring (bicyclic) bond motifs is 1. The maximum Gasteiger partial charge on any atom is 0.132 e. The van der Waals surface area contributed by atoms with E-state index in [1.165, 1.54) is 11.5 Å². The average molecular weight is 266 g/mol. The summed E-state index contributed by atoms with van der Waals surface area (Å²) in [5, 5.41) is 14.2. The van der Waals surface area contributed by atoms with E-state index in [1.807, 2.05) is 37.3 Å². The molecule has 19 heavy (non-hydrogen) atoms. The Bertz CT molecular complexity index is 780. The van der Waals surface area contributed by atoms with E-state index >= 15 is 0 Å². The minimum Gasteiger partial charge on any atom is -0.343 e. The second-order valence-corrected chi connectivity index (χ2v) is 4.86. The van der Waals surface area contributed by atoms with Gasteiger partial charge in [-0.25, -0.2) is 0 Å². The van der Waals surface area contributed by atoms with Gasteiger partial charge >= 0.3 is 0 Å². The maximum atomic E-state index is 9.14. The SMILES string of the molecule is Cc1nsc(Nc2cccc3cccnc23)c1C#N. The van der Waals surface area contributed by atoms with Gasteiger partial charge in [-0.15, -0.1) is 0 Å².